The largest absolute Gasteiger partial charge is 0.497 e. The Morgan fingerprint density at radius 3 is 2.33 bits per heavy atom. The van der Waals surface area contributed by atoms with Crippen molar-refractivity contribution >= 4 is 22.0 Å². The van der Waals surface area contributed by atoms with Crippen LogP contribution in [-0.4, -0.2) is 14.2 Å². The predicted octanol–water partition coefficient (Wildman–Crippen LogP) is 5.39. The molecule has 0 radical (unpaired) electrons. The highest BCUT2D eigenvalue weighted by Gasteiger charge is 2.05. The minimum Gasteiger partial charge on any atom is -0.497 e. The summed E-state index contributed by atoms with van der Waals surface area (Å²) in [6, 6.07) is 7.69. The normalized spacial score (nSPS) is 13.1. The molecule has 1 aromatic rings. The van der Waals surface area contributed by atoms with Gasteiger partial charge in [0.15, 0.2) is 0 Å². The molecule has 2 nitrogen and oxygen atoms in total. The van der Waals surface area contributed by atoms with Crippen LogP contribution in [0, 0.1) is 0 Å². The maximum atomic E-state index is 13.1. The number of halogens is 2. The Labute approximate surface area is 133 Å². The van der Waals surface area contributed by atoms with E-state index in [4.69, 9.17) is 9.47 Å². The van der Waals surface area contributed by atoms with E-state index in [0.717, 1.165) is 16.9 Å². The smallest absolute Gasteiger partial charge is 0.136 e. The van der Waals surface area contributed by atoms with Crippen molar-refractivity contribution in [3.63, 3.8) is 0 Å². The molecule has 112 valence electrons. The van der Waals surface area contributed by atoms with Crippen molar-refractivity contribution in [1.82, 2.24) is 0 Å². The van der Waals surface area contributed by atoms with Gasteiger partial charge in [-0.2, -0.15) is 0 Å². The summed E-state index contributed by atoms with van der Waals surface area (Å²) in [4.78, 5) is 0. The van der Waals surface area contributed by atoms with Gasteiger partial charge in [0.2, 0.25) is 0 Å². The van der Waals surface area contributed by atoms with Crippen LogP contribution in [0.4, 0.5) is 4.39 Å². The van der Waals surface area contributed by atoms with E-state index in [1.54, 1.807) is 13.2 Å². The fourth-order valence-electron chi connectivity index (χ4n) is 1.54. The lowest BCUT2D eigenvalue weighted by atomic mass is 10.1. The van der Waals surface area contributed by atoms with Gasteiger partial charge < -0.3 is 9.47 Å². The van der Waals surface area contributed by atoms with E-state index in [0.29, 0.717) is 5.76 Å². The number of benzene rings is 1. The average Bonchev–Trinajstić information content (AvgIpc) is 2.50. The molecule has 1 rings (SSSR count). The highest BCUT2D eigenvalue weighted by atomic mass is 79.9. The lowest BCUT2D eigenvalue weighted by Gasteiger charge is -2.04. The first kappa shape index (κ1) is 17.2. The minimum absolute atomic E-state index is 0.210. The second kappa shape index (κ2) is 8.47. The highest BCUT2D eigenvalue weighted by molar-refractivity contribution is 9.12. The quantitative estimate of drug-likeness (QED) is 0.504. The molecule has 0 fully saturated rings. The van der Waals surface area contributed by atoms with Gasteiger partial charge in [0, 0.05) is 0 Å². The fraction of sp³-hybridized carbons (Fsp3) is 0.176. The van der Waals surface area contributed by atoms with Crippen LogP contribution in [0.5, 0.6) is 5.75 Å². The number of rotatable bonds is 6. The average molecular weight is 353 g/mol. The monoisotopic (exact) mass is 352 g/mol. The van der Waals surface area contributed by atoms with Gasteiger partial charge in [-0.15, -0.1) is 0 Å². The summed E-state index contributed by atoms with van der Waals surface area (Å²) >= 11 is 3.11. The van der Waals surface area contributed by atoms with E-state index < -0.39 is 5.83 Å². The summed E-state index contributed by atoms with van der Waals surface area (Å²) in [5.41, 5.74) is 1.96. The lowest BCUT2D eigenvalue weighted by molar-refractivity contribution is 0.304. The second-order valence-corrected chi connectivity index (χ2v) is 5.08. The third-order valence-corrected chi connectivity index (χ3v) is 3.51. The molecule has 0 aliphatic carbocycles. The standard InChI is InChI=1S/C17H18BrFO2/c1-12(11-16(21-4)17(18)13(2)19)5-6-14-7-9-15(20-3)10-8-14/h5-11H,2H2,1,3-4H3/b6-5+,12-11+,17-16-. The number of hydrogen-bond acceptors (Lipinski definition) is 2. The van der Waals surface area contributed by atoms with Crippen LogP contribution in [-0.2, 0) is 4.74 Å². The van der Waals surface area contributed by atoms with Gasteiger partial charge >= 0.3 is 0 Å². The van der Waals surface area contributed by atoms with Crippen LogP contribution < -0.4 is 4.74 Å². The molecular weight excluding hydrogens is 335 g/mol. The van der Waals surface area contributed by atoms with Gasteiger partial charge in [-0.25, -0.2) is 4.39 Å². The first-order chi connectivity index (χ1) is 9.97. The molecule has 0 aliphatic heterocycles. The zero-order chi connectivity index (χ0) is 15.8. The molecular formula is C17H18BrFO2. The van der Waals surface area contributed by atoms with E-state index in [2.05, 4.69) is 22.5 Å². The summed E-state index contributed by atoms with van der Waals surface area (Å²) < 4.78 is 23.5. The van der Waals surface area contributed by atoms with Crippen LogP contribution in [0.25, 0.3) is 6.08 Å². The fourth-order valence-corrected chi connectivity index (χ4v) is 1.82. The molecule has 0 saturated carbocycles. The van der Waals surface area contributed by atoms with Gasteiger partial charge in [0.05, 0.1) is 18.7 Å². The van der Waals surface area contributed by atoms with Crippen molar-refractivity contribution in [2.75, 3.05) is 14.2 Å². The van der Waals surface area contributed by atoms with Crippen LogP contribution in [0.3, 0.4) is 0 Å². The highest BCUT2D eigenvalue weighted by Crippen LogP contribution is 2.23. The topological polar surface area (TPSA) is 18.5 Å². The molecule has 0 N–H and O–H groups in total. The molecule has 4 heteroatoms. The van der Waals surface area contributed by atoms with Gasteiger partial charge in [-0.3, -0.25) is 0 Å². The van der Waals surface area contributed by atoms with Crippen molar-refractivity contribution in [2.24, 2.45) is 0 Å². The SMILES string of the molecule is C=C(F)\C(Br)=C(/C=C(C)/C=C/c1ccc(OC)cc1)OC. The van der Waals surface area contributed by atoms with Crippen molar-refractivity contribution in [3.05, 3.63) is 70.2 Å². The van der Waals surface area contributed by atoms with E-state index >= 15 is 0 Å². The zero-order valence-electron chi connectivity index (χ0n) is 12.3. The molecule has 0 atom stereocenters. The number of allylic oxidation sites excluding steroid dienone is 5. The Hall–Kier alpha value is -1.81. The molecule has 0 bridgehead atoms. The van der Waals surface area contributed by atoms with Crippen LogP contribution in [0.2, 0.25) is 0 Å². The van der Waals surface area contributed by atoms with Gasteiger partial charge in [0.25, 0.3) is 0 Å². The summed E-state index contributed by atoms with van der Waals surface area (Å²) in [7, 11) is 3.11. The number of hydrogen-bond donors (Lipinski definition) is 0. The molecule has 0 aromatic heterocycles. The maximum absolute atomic E-state index is 13.1. The maximum Gasteiger partial charge on any atom is 0.136 e. The third-order valence-electron chi connectivity index (χ3n) is 2.69. The van der Waals surface area contributed by atoms with E-state index in [9.17, 15) is 4.39 Å². The minimum atomic E-state index is -0.574. The van der Waals surface area contributed by atoms with Crippen molar-refractivity contribution in [1.29, 1.82) is 0 Å². The van der Waals surface area contributed by atoms with Gasteiger partial charge in [0.1, 0.15) is 17.3 Å². The summed E-state index contributed by atoms with van der Waals surface area (Å²) in [5.74, 6) is 0.629. The van der Waals surface area contributed by atoms with E-state index in [1.807, 2.05) is 43.3 Å². The zero-order valence-corrected chi connectivity index (χ0v) is 13.9. The van der Waals surface area contributed by atoms with Gasteiger partial charge in [-0.05, 0) is 52.2 Å². The molecule has 0 unspecified atom stereocenters. The molecule has 0 amide bonds. The Balaban J connectivity index is 2.89. The summed E-state index contributed by atoms with van der Waals surface area (Å²) in [5, 5.41) is 0. The molecule has 1 aromatic carbocycles. The Morgan fingerprint density at radius 1 is 1.24 bits per heavy atom. The van der Waals surface area contributed by atoms with E-state index in [1.165, 1.54) is 7.11 Å². The van der Waals surface area contributed by atoms with Crippen LogP contribution in [0.1, 0.15) is 12.5 Å². The predicted molar refractivity (Wildman–Crippen MR) is 89.0 cm³/mol. The van der Waals surface area contributed by atoms with Crippen molar-refractivity contribution in [3.8, 4) is 5.75 Å². The Kier molecular flexibility index (Phi) is 6.96. The Morgan fingerprint density at radius 2 is 1.86 bits per heavy atom. The second-order valence-electron chi connectivity index (χ2n) is 4.28. The van der Waals surface area contributed by atoms with Crippen LogP contribution in [0.15, 0.2) is 64.6 Å². The number of ether oxygens (including phenoxy) is 2. The van der Waals surface area contributed by atoms with Crippen molar-refractivity contribution < 1.29 is 13.9 Å². The molecule has 0 heterocycles. The lowest BCUT2D eigenvalue weighted by Crippen LogP contribution is -1.88. The first-order valence-electron chi connectivity index (χ1n) is 6.27. The van der Waals surface area contributed by atoms with Crippen molar-refractivity contribution in [2.45, 2.75) is 6.92 Å². The first-order valence-corrected chi connectivity index (χ1v) is 7.06. The van der Waals surface area contributed by atoms with Gasteiger partial charge in [-0.1, -0.05) is 30.9 Å². The molecule has 0 saturated heterocycles. The molecule has 21 heavy (non-hydrogen) atoms. The number of methoxy groups -OCH3 is 2. The Bertz CT molecular complexity index is 583. The molecule has 0 aliphatic rings. The third kappa shape index (κ3) is 5.60. The molecule has 0 spiro atoms. The summed E-state index contributed by atoms with van der Waals surface area (Å²) in [6.45, 7) is 5.13. The van der Waals surface area contributed by atoms with E-state index in [-0.39, 0.29) is 4.48 Å². The summed E-state index contributed by atoms with van der Waals surface area (Å²) in [6.07, 6.45) is 5.60. The van der Waals surface area contributed by atoms with Crippen LogP contribution >= 0.6 is 15.9 Å².